The molecular formula is C20H28N4O4. The van der Waals surface area contributed by atoms with Gasteiger partial charge in [0.15, 0.2) is 5.84 Å². The minimum atomic E-state index is -0.532. The molecule has 0 aliphatic rings. The first-order valence-electron chi connectivity index (χ1n) is 8.84. The topological polar surface area (TPSA) is 115 Å². The Morgan fingerprint density at radius 3 is 2.46 bits per heavy atom. The number of nitrogens with one attached hydrogen (secondary N) is 1. The Labute approximate surface area is 165 Å². The van der Waals surface area contributed by atoms with Gasteiger partial charge in [-0.15, -0.1) is 0 Å². The molecular weight excluding hydrogens is 360 g/mol. The number of esters is 1. The second kappa shape index (κ2) is 11.5. The number of rotatable bonds is 7. The zero-order valence-electron chi connectivity index (χ0n) is 17.0. The molecule has 0 heterocycles. The van der Waals surface area contributed by atoms with Crippen LogP contribution in [0.5, 0.6) is 0 Å². The van der Waals surface area contributed by atoms with E-state index in [9.17, 15) is 9.59 Å². The van der Waals surface area contributed by atoms with E-state index in [0.29, 0.717) is 36.5 Å². The number of amidine groups is 2. The summed E-state index contributed by atoms with van der Waals surface area (Å²) in [5, 5.41) is 2.57. The van der Waals surface area contributed by atoms with Crippen molar-refractivity contribution in [3.63, 3.8) is 0 Å². The Morgan fingerprint density at radius 2 is 1.89 bits per heavy atom. The molecule has 0 aromatic heterocycles. The van der Waals surface area contributed by atoms with Gasteiger partial charge in [0.25, 0.3) is 0 Å². The Kier molecular flexibility index (Phi) is 9.42. The molecule has 0 fully saturated rings. The molecule has 3 N–H and O–H groups in total. The third kappa shape index (κ3) is 7.61. The minimum absolute atomic E-state index is 0.191. The van der Waals surface area contributed by atoms with Crippen LogP contribution in [0.1, 0.15) is 32.3 Å². The largest absolute Gasteiger partial charge is 0.465 e. The van der Waals surface area contributed by atoms with E-state index in [1.807, 2.05) is 31.2 Å². The van der Waals surface area contributed by atoms with Crippen LogP contribution < -0.4 is 11.1 Å². The van der Waals surface area contributed by atoms with Gasteiger partial charge in [-0.25, -0.2) is 19.6 Å². The predicted octanol–water partition coefficient (Wildman–Crippen LogP) is 3.03. The first-order chi connectivity index (χ1) is 13.3. The molecule has 0 radical (unpaired) electrons. The van der Waals surface area contributed by atoms with Gasteiger partial charge in [0.05, 0.1) is 19.9 Å². The summed E-state index contributed by atoms with van der Waals surface area (Å²) in [5.74, 6) is -0.0492. The Bertz CT molecular complexity index is 793. The summed E-state index contributed by atoms with van der Waals surface area (Å²) in [5.41, 5.74) is 8.70. The van der Waals surface area contributed by atoms with Crippen LogP contribution in [-0.4, -0.2) is 44.5 Å². The zero-order chi connectivity index (χ0) is 21.1. The van der Waals surface area contributed by atoms with Crippen LogP contribution in [0.4, 0.5) is 10.5 Å². The number of nitrogens with two attached hydrogens (primary N) is 1. The smallest absolute Gasteiger partial charge is 0.406 e. The lowest BCUT2D eigenvalue weighted by molar-refractivity contribution is -0.135. The lowest BCUT2D eigenvalue weighted by Crippen LogP contribution is -2.25. The number of nitrogens with zero attached hydrogens (tertiary/aromatic N) is 2. The molecule has 0 bridgehead atoms. The molecule has 28 heavy (non-hydrogen) atoms. The third-order valence-electron chi connectivity index (χ3n) is 3.66. The minimum Gasteiger partial charge on any atom is -0.465 e. The summed E-state index contributed by atoms with van der Waals surface area (Å²) >= 11 is 0. The maximum Gasteiger partial charge on any atom is 0.406 e. The van der Waals surface area contributed by atoms with Crippen molar-refractivity contribution in [3.8, 4) is 0 Å². The molecule has 8 heteroatoms. The summed E-state index contributed by atoms with van der Waals surface area (Å²) in [7, 11) is 2.61. The van der Waals surface area contributed by atoms with Crippen molar-refractivity contribution < 1.29 is 19.1 Å². The molecule has 0 aliphatic carbocycles. The average Bonchev–Trinajstić information content (AvgIpc) is 2.64. The number of carbonyl (C=O) groups excluding carboxylic acids is 2. The van der Waals surface area contributed by atoms with E-state index < -0.39 is 12.1 Å². The van der Waals surface area contributed by atoms with E-state index in [4.69, 9.17) is 10.5 Å². The zero-order valence-corrected chi connectivity index (χ0v) is 17.0. The highest BCUT2D eigenvalue weighted by molar-refractivity contribution is 6.22. The fourth-order valence-corrected chi connectivity index (χ4v) is 2.30. The number of methoxy groups -OCH3 is 2. The molecule has 0 unspecified atom stereocenters. The van der Waals surface area contributed by atoms with Crippen LogP contribution in [0, 0.1) is 6.92 Å². The van der Waals surface area contributed by atoms with Crippen molar-refractivity contribution in [2.24, 2.45) is 15.7 Å². The van der Waals surface area contributed by atoms with Crippen LogP contribution in [0.2, 0.25) is 0 Å². The first kappa shape index (κ1) is 22.9. The van der Waals surface area contributed by atoms with Crippen molar-refractivity contribution in [2.45, 2.75) is 33.6 Å². The highest BCUT2D eigenvalue weighted by atomic mass is 16.5. The Balaban J connectivity index is 3.15. The van der Waals surface area contributed by atoms with E-state index in [-0.39, 0.29) is 11.4 Å². The van der Waals surface area contributed by atoms with Gasteiger partial charge in [0.2, 0.25) is 0 Å². The quantitative estimate of drug-likeness (QED) is 0.245. The van der Waals surface area contributed by atoms with Crippen molar-refractivity contribution in [1.82, 2.24) is 5.32 Å². The fraction of sp³-hybridized carbons (Fsp3) is 0.400. The molecule has 0 saturated heterocycles. The molecule has 8 nitrogen and oxygen atoms in total. The summed E-state index contributed by atoms with van der Waals surface area (Å²) in [4.78, 5) is 32.2. The maximum absolute atomic E-state index is 12.3. The van der Waals surface area contributed by atoms with Crippen LogP contribution in [0.25, 0.3) is 0 Å². The second-order valence-electron chi connectivity index (χ2n) is 6.27. The SMILES string of the molecule is COC(=O)NCCCC(N)=NC(=Nc1cccc(C)c1)C(C(=O)OC)=C(C)C. The molecule has 1 rings (SSSR count). The van der Waals surface area contributed by atoms with E-state index >= 15 is 0 Å². The monoisotopic (exact) mass is 388 g/mol. The molecule has 1 aromatic carbocycles. The molecule has 152 valence electrons. The highest BCUT2D eigenvalue weighted by Crippen LogP contribution is 2.18. The predicted molar refractivity (Wildman–Crippen MR) is 110 cm³/mol. The van der Waals surface area contributed by atoms with Crippen LogP contribution in [-0.2, 0) is 14.3 Å². The molecule has 0 atom stereocenters. The van der Waals surface area contributed by atoms with Gasteiger partial charge in [-0.1, -0.05) is 17.7 Å². The van der Waals surface area contributed by atoms with Gasteiger partial charge in [-0.3, -0.25) is 0 Å². The number of amides is 1. The van der Waals surface area contributed by atoms with Crippen molar-refractivity contribution in [2.75, 3.05) is 20.8 Å². The lowest BCUT2D eigenvalue weighted by Gasteiger charge is -2.10. The number of alkyl carbamates (subject to hydrolysis) is 1. The molecule has 0 aliphatic heterocycles. The van der Waals surface area contributed by atoms with Gasteiger partial charge >= 0.3 is 12.1 Å². The summed E-state index contributed by atoms with van der Waals surface area (Å²) in [6, 6.07) is 7.52. The number of allylic oxidation sites excluding steroid dienone is 1. The van der Waals surface area contributed by atoms with E-state index in [1.54, 1.807) is 13.8 Å². The number of ether oxygens (including phenoxy) is 2. The van der Waals surface area contributed by atoms with Crippen LogP contribution in [0.3, 0.4) is 0 Å². The average molecular weight is 388 g/mol. The van der Waals surface area contributed by atoms with Gasteiger partial charge in [-0.2, -0.15) is 0 Å². The fourth-order valence-electron chi connectivity index (χ4n) is 2.30. The number of hydrogen-bond donors (Lipinski definition) is 2. The summed E-state index contributed by atoms with van der Waals surface area (Å²) < 4.78 is 9.39. The van der Waals surface area contributed by atoms with Gasteiger partial charge < -0.3 is 20.5 Å². The second-order valence-corrected chi connectivity index (χ2v) is 6.27. The number of hydrogen-bond acceptors (Lipinski definition) is 5. The summed E-state index contributed by atoms with van der Waals surface area (Å²) in [6.07, 6.45) is 0.466. The first-order valence-corrected chi connectivity index (χ1v) is 8.84. The maximum atomic E-state index is 12.3. The normalized spacial score (nSPS) is 11.6. The van der Waals surface area contributed by atoms with Gasteiger partial charge in [0, 0.05) is 13.0 Å². The number of aryl methyl sites for hydroxylation is 1. The van der Waals surface area contributed by atoms with Crippen LogP contribution >= 0.6 is 0 Å². The lowest BCUT2D eigenvalue weighted by atomic mass is 10.1. The van der Waals surface area contributed by atoms with Gasteiger partial charge in [0.1, 0.15) is 11.4 Å². The van der Waals surface area contributed by atoms with Crippen LogP contribution in [0.15, 0.2) is 45.4 Å². The highest BCUT2D eigenvalue weighted by Gasteiger charge is 2.19. The van der Waals surface area contributed by atoms with E-state index in [1.165, 1.54) is 14.2 Å². The van der Waals surface area contributed by atoms with E-state index in [2.05, 4.69) is 20.0 Å². The van der Waals surface area contributed by atoms with Crippen molar-refractivity contribution in [1.29, 1.82) is 0 Å². The van der Waals surface area contributed by atoms with E-state index in [0.717, 1.165) is 5.56 Å². The summed E-state index contributed by atoms with van der Waals surface area (Å²) in [6.45, 7) is 5.90. The van der Waals surface area contributed by atoms with Crippen molar-refractivity contribution in [3.05, 3.63) is 41.0 Å². The van der Waals surface area contributed by atoms with Gasteiger partial charge in [-0.05, 0) is 44.9 Å². The Morgan fingerprint density at radius 1 is 1.18 bits per heavy atom. The Hall–Kier alpha value is -3.16. The number of aliphatic imine (C=N–C) groups is 2. The molecule has 1 amide bonds. The van der Waals surface area contributed by atoms with Crippen molar-refractivity contribution >= 4 is 29.4 Å². The molecule has 0 saturated carbocycles. The molecule has 0 spiro atoms. The number of carbonyl (C=O) groups is 2. The number of benzene rings is 1. The standard InChI is InChI=1S/C20H28N4O4/c1-13(2)17(19(25)27-4)18(23-15-9-6-8-14(3)12-15)24-16(21)10-7-11-22-20(26)28-5/h6,8-9,12H,7,10-11H2,1-5H3,(H,22,26)(H2,21,23,24). The molecule has 1 aromatic rings. The third-order valence-corrected chi connectivity index (χ3v) is 3.66.